The van der Waals surface area contributed by atoms with E-state index in [-0.39, 0.29) is 0 Å². The number of furan rings is 5. The summed E-state index contributed by atoms with van der Waals surface area (Å²) in [6.07, 6.45) is 0. The van der Waals surface area contributed by atoms with Crippen LogP contribution in [0.2, 0.25) is 0 Å². The lowest BCUT2D eigenvalue weighted by Crippen LogP contribution is -2.01. The van der Waals surface area contributed by atoms with Crippen molar-refractivity contribution < 1.29 is 22.1 Å². The molecule has 11 nitrogen and oxygen atoms in total. The average Bonchev–Trinajstić information content (AvgIpc) is 1.58. The number of hydrogen-bond donors (Lipinski definition) is 0. The fourth-order valence-corrected chi connectivity index (χ4v) is 19.0. The van der Waals surface area contributed by atoms with E-state index in [1.54, 1.807) is 0 Å². The van der Waals surface area contributed by atoms with Gasteiger partial charge in [-0.05, 0) is 177 Å². The molecular weight excluding hydrogens is 1460 g/mol. The summed E-state index contributed by atoms with van der Waals surface area (Å²) in [5, 5.41) is 23.0. The zero-order valence-corrected chi connectivity index (χ0v) is 63.2. The van der Waals surface area contributed by atoms with Crippen molar-refractivity contribution in [2.24, 2.45) is 0 Å². The monoisotopic (exact) mass is 1520 g/mol. The molecule has 7 aromatic heterocycles. The van der Waals surface area contributed by atoms with Gasteiger partial charge < -0.3 is 22.1 Å². The number of hydrogen-bond acceptors (Lipinski definition) is 11. The molecule has 19 aromatic carbocycles. The third-order valence-electron chi connectivity index (χ3n) is 24.4. The molecule has 0 saturated heterocycles. The highest BCUT2D eigenvalue weighted by Gasteiger charge is 2.26. The second-order valence-electron chi connectivity index (χ2n) is 30.9. The van der Waals surface area contributed by atoms with Gasteiger partial charge in [0.1, 0.15) is 55.8 Å². The van der Waals surface area contributed by atoms with Crippen molar-refractivity contribution in [1.82, 2.24) is 29.9 Å². The van der Waals surface area contributed by atoms with E-state index in [1.165, 1.54) is 0 Å². The molecule has 0 saturated carbocycles. The van der Waals surface area contributed by atoms with Crippen molar-refractivity contribution in [3.05, 3.63) is 352 Å². The summed E-state index contributed by atoms with van der Waals surface area (Å²) in [7, 11) is 0. The molecule has 0 unspecified atom stereocenters. The van der Waals surface area contributed by atoms with Gasteiger partial charge in [-0.1, -0.05) is 267 Å². The van der Waals surface area contributed by atoms with Gasteiger partial charge >= 0.3 is 0 Å². The van der Waals surface area contributed by atoms with E-state index in [1.807, 2.05) is 66.7 Å². The predicted octanol–water partition coefficient (Wildman–Crippen LogP) is 29.5. The zero-order chi connectivity index (χ0) is 77.7. The predicted molar refractivity (Wildman–Crippen MR) is 484 cm³/mol. The zero-order valence-electron chi connectivity index (χ0n) is 63.2. The van der Waals surface area contributed by atoms with Crippen LogP contribution in [0.4, 0.5) is 0 Å². The molecule has 0 spiro atoms. The first kappa shape index (κ1) is 65.2. The number of rotatable bonds is 9. The Hall–Kier alpha value is -16.2. The molecule has 26 rings (SSSR count). The summed E-state index contributed by atoms with van der Waals surface area (Å²) in [6.45, 7) is 0. The lowest BCUT2D eigenvalue weighted by atomic mass is 9.91. The molecule has 0 amide bonds. The van der Waals surface area contributed by atoms with Gasteiger partial charge in [-0.25, -0.2) is 29.9 Å². The lowest BCUT2D eigenvalue weighted by molar-refractivity contribution is 0.668. The molecule has 119 heavy (non-hydrogen) atoms. The van der Waals surface area contributed by atoms with E-state index in [0.717, 1.165) is 241 Å². The molecule has 0 fully saturated rings. The van der Waals surface area contributed by atoms with Gasteiger partial charge in [0, 0.05) is 92.8 Å². The topological polar surface area (TPSA) is 143 Å². The van der Waals surface area contributed by atoms with Crippen molar-refractivity contribution in [2.45, 2.75) is 0 Å². The smallest absolute Gasteiger partial charge is 0.164 e. The van der Waals surface area contributed by atoms with E-state index in [9.17, 15) is 0 Å². The molecule has 11 heteroatoms. The first-order chi connectivity index (χ1) is 58.9. The molecule has 0 aliphatic carbocycles. The van der Waals surface area contributed by atoms with Crippen LogP contribution in [0.1, 0.15) is 0 Å². The van der Waals surface area contributed by atoms with Crippen LogP contribution in [-0.4, -0.2) is 29.9 Å². The molecule has 0 aliphatic rings. The Morgan fingerprint density at radius 3 is 0.924 bits per heavy atom. The van der Waals surface area contributed by atoms with Gasteiger partial charge in [0.15, 0.2) is 34.9 Å². The molecule has 550 valence electrons. The van der Waals surface area contributed by atoms with Crippen LogP contribution in [0, 0.1) is 0 Å². The number of aromatic nitrogens is 6. The van der Waals surface area contributed by atoms with Gasteiger partial charge in [-0.15, -0.1) is 0 Å². The molecule has 0 N–H and O–H groups in total. The lowest BCUT2D eigenvalue weighted by Gasteiger charge is -2.14. The van der Waals surface area contributed by atoms with Crippen LogP contribution in [0.25, 0.3) is 276 Å². The maximum absolute atomic E-state index is 7.22. The Morgan fingerprint density at radius 1 is 0.143 bits per heavy atom. The second kappa shape index (κ2) is 25.1. The van der Waals surface area contributed by atoms with Gasteiger partial charge in [0.2, 0.25) is 0 Å². The Bertz CT molecular complexity index is 8930. The normalized spacial score (nSPS) is 12.2. The molecule has 26 aromatic rings. The van der Waals surface area contributed by atoms with Gasteiger partial charge in [0.25, 0.3) is 0 Å². The Morgan fingerprint density at radius 2 is 0.429 bits per heavy atom. The summed E-state index contributed by atoms with van der Waals surface area (Å²) in [5.74, 6) is 3.27. The van der Waals surface area contributed by atoms with Crippen LogP contribution in [0.3, 0.4) is 0 Å². The van der Waals surface area contributed by atoms with Crippen molar-refractivity contribution in [3.8, 4) is 102 Å². The molecule has 7 heterocycles. The minimum atomic E-state index is 0.534. The van der Waals surface area contributed by atoms with Gasteiger partial charge in [-0.3, -0.25) is 0 Å². The van der Waals surface area contributed by atoms with Crippen molar-refractivity contribution in [1.29, 1.82) is 0 Å². The second-order valence-corrected chi connectivity index (χ2v) is 30.9. The van der Waals surface area contributed by atoms with Gasteiger partial charge in [0.05, 0.1) is 0 Å². The minimum absolute atomic E-state index is 0.534. The summed E-state index contributed by atoms with van der Waals surface area (Å²) >= 11 is 0. The Labute approximate surface area is 675 Å². The quantitative estimate of drug-likeness (QED) is 0.127. The molecule has 0 radical (unpaired) electrons. The number of nitrogens with zero attached hydrogens (tertiary/aromatic N) is 6. The SMILES string of the molecule is c1ccc2c(c1)oc1cccc(-c3nc(-c4ccc5ccc6oc7ccccc7c6c5c4)nc(-c4ccc(-c5cccc6oc7c(-c8cccc9c8ccc8ccc(-c%10nc(-c%11ccc%12ccc%13oc%14ccccc%14c%13c%12c%11)nc(-c%11ccc(-c%12cccc%13oc%14ccccc%14c%12%13)c%12ccccc%11%12)n%10)cc89)cccc7c56)c5ccccc45)n3)c12. The first-order valence-corrected chi connectivity index (χ1v) is 39.9. The number of para-hydroxylation sites is 5. The molecule has 0 bridgehead atoms. The Kier molecular flexibility index (Phi) is 13.8. The van der Waals surface area contributed by atoms with Gasteiger partial charge in [-0.2, -0.15) is 0 Å². The van der Waals surface area contributed by atoms with Crippen molar-refractivity contribution in [2.75, 3.05) is 0 Å². The van der Waals surface area contributed by atoms with Crippen molar-refractivity contribution in [3.63, 3.8) is 0 Å². The molecular formula is C108H58N6O5. The number of benzene rings is 19. The Balaban J connectivity index is 0.609. The van der Waals surface area contributed by atoms with E-state index < -0.39 is 0 Å². The van der Waals surface area contributed by atoms with Crippen LogP contribution < -0.4 is 0 Å². The summed E-state index contributed by atoms with van der Waals surface area (Å²) < 4.78 is 33.0. The highest BCUT2D eigenvalue weighted by molar-refractivity contribution is 6.24. The first-order valence-electron chi connectivity index (χ1n) is 39.9. The molecule has 0 aliphatic heterocycles. The van der Waals surface area contributed by atoms with E-state index >= 15 is 0 Å². The standard InChI is InChI=1S/C108H58N6O5/c1-3-20-68-65(18-1)72(74-28-15-37-92-97(74)79-22-5-9-33-88(79)115-92)50-52-77(68)106-110-103(109-104(111-106)63-44-41-60-47-54-95-100(86(60)57-63)81-24-7-11-35-90(81)117-95)62-43-40-59-46-49-71-67(26-13-27-70(71)85(59)56-62)76-30-14-31-83-98-75(29-16-39-94(98)119-102(76)83)73-51-53-78(69-21-4-2-19-66(69)73)107-112-105(113-108(114-107)84-32-17-38-93-99(84)80-23-6-10-34-89(80)116-93)64-45-42-61-48-55-96-101(87(61)58-64)82-25-8-12-36-91(82)118-96/h1-58H. The fourth-order valence-electron chi connectivity index (χ4n) is 19.0. The third-order valence-corrected chi connectivity index (χ3v) is 24.4. The maximum Gasteiger partial charge on any atom is 0.164 e. The largest absolute Gasteiger partial charge is 0.456 e. The highest BCUT2D eigenvalue weighted by Crippen LogP contribution is 2.49. The summed E-state index contributed by atoms with van der Waals surface area (Å²) in [5.41, 5.74) is 19.6. The maximum atomic E-state index is 7.22. The molecule has 0 atom stereocenters. The number of fused-ring (bicyclic) bond motifs is 24. The summed E-state index contributed by atoms with van der Waals surface area (Å²) in [6, 6.07) is 123. The van der Waals surface area contributed by atoms with Crippen LogP contribution in [0.15, 0.2) is 374 Å². The fraction of sp³-hybridized carbons (Fsp3) is 0. The van der Waals surface area contributed by atoms with Crippen molar-refractivity contribution >= 4 is 174 Å². The van der Waals surface area contributed by atoms with Crippen LogP contribution in [-0.2, 0) is 0 Å². The van der Waals surface area contributed by atoms with E-state index in [0.29, 0.717) is 34.9 Å². The highest BCUT2D eigenvalue weighted by atomic mass is 16.3. The third kappa shape index (κ3) is 9.90. The van der Waals surface area contributed by atoms with Crippen LogP contribution >= 0.6 is 0 Å². The summed E-state index contributed by atoms with van der Waals surface area (Å²) in [4.78, 5) is 32.9. The van der Waals surface area contributed by atoms with Crippen LogP contribution in [0.5, 0.6) is 0 Å². The average molecular weight is 1520 g/mol. The van der Waals surface area contributed by atoms with E-state index in [2.05, 4.69) is 285 Å². The minimum Gasteiger partial charge on any atom is -0.456 e. The van der Waals surface area contributed by atoms with E-state index in [4.69, 9.17) is 52.0 Å².